The van der Waals surface area contributed by atoms with Crippen LogP contribution in [0.1, 0.15) is 84.6 Å². The van der Waals surface area contributed by atoms with E-state index >= 15 is 0 Å². The molecule has 0 N–H and O–H groups in total. The lowest BCUT2D eigenvalue weighted by Crippen LogP contribution is -2.50. The fourth-order valence-electron chi connectivity index (χ4n) is 8.28. The van der Waals surface area contributed by atoms with Crippen molar-refractivity contribution >= 4 is 29.8 Å². The molecule has 7 atom stereocenters. The second kappa shape index (κ2) is 17.5. The summed E-state index contributed by atoms with van der Waals surface area (Å²) in [7, 11) is 3.09. The molecule has 50 heavy (non-hydrogen) atoms. The van der Waals surface area contributed by atoms with E-state index in [-0.39, 0.29) is 53.9 Å². The third-order valence-electron chi connectivity index (χ3n) is 11.0. The molecular weight excluding hydrogens is 636 g/mol. The van der Waals surface area contributed by atoms with Gasteiger partial charge in [-0.1, -0.05) is 57.7 Å². The van der Waals surface area contributed by atoms with Crippen LogP contribution >= 0.6 is 0 Å². The highest BCUT2D eigenvalue weighted by Crippen LogP contribution is 2.61. The molecule has 2 saturated carbocycles. The lowest BCUT2D eigenvalue weighted by atomic mass is 9.47. The summed E-state index contributed by atoms with van der Waals surface area (Å²) < 4.78 is 26.8. The van der Waals surface area contributed by atoms with Crippen molar-refractivity contribution in [3.63, 3.8) is 0 Å². The average Bonchev–Trinajstić information content (AvgIpc) is 3.45. The van der Waals surface area contributed by atoms with E-state index in [2.05, 4.69) is 26.2 Å². The Bertz CT molecular complexity index is 1560. The van der Waals surface area contributed by atoms with Gasteiger partial charge in [0.15, 0.2) is 17.6 Å². The second-order valence-corrected chi connectivity index (χ2v) is 13.9. The Labute approximate surface area is 296 Å². The number of hydrogen-bond acceptors (Lipinski definition) is 9. The average molecular weight is 689 g/mol. The number of esters is 3. The maximum Gasteiger partial charge on any atom is 0.337 e. The van der Waals surface area contributed by atoms with Gasteiger partial charge in [0.1, 0.15) is 18.7 Å². The van der Waals surface area contributed by atoms with Gasteiger partial charge in [-0.25, -0.2) is 9.59 Å². The van der Waals surface area contributed by atoms with Crippen LogP contribution in [0.4, 0.5) is 0 Å². The van der Waals surface area contributed by atoms with Crippen molar-refractivity contribution in [1.29, 1.82) is 0 Å². The van der Waals surface area contributed by atoms with E-state index < -0.39 is 18.0 Å². The molecule has 1 aromatic rings. The molecule has 2 aliphatic carbocycles. The summed E-state index contributed by atoms with van der Waals surface area (Å²) >= 11 is 0. The van der Waals surface area contributed by atoms with Gasteiger partial charge in [0.2, 0.25) is 0 Å². The SMILES string of the molecule is C=C1CCC2C([C@@H](C)C=C=COC(=O)CC)[C@H](CC(=O)CC)CCC2(C)[C@H]1C/C=C1/C(=O)OC[C@H]1OC(=O)/C=C/c1ccc(OC)c(OC)c1. The molecule has 3 unspecified atom stereocenters. The van der Waals surface area contributed by atoms with Gasteiger partial charge in [0, 0.05) is 25.3 Å². The molecule has 1 heterocycles. The molecule has 1 aromatic carbocycles. The smallest absolute Gasteiger partial charge is 0.337 e. The maximum absolute atomic E-state index is 12.9. The quantitative estimate of drug-likeness (QED) is 0.0483. The fraction of sp³-hybridized carbons (Fsp3) is 0.537. The summed E-state index contributed by atoms with van der Waals surface area (Å²) in [6.07, 6.45) is 12.9. The standard InChI is InChI=1S/C41H52O9/c1-8-30(42)24-29-20-21-41(5)32(26(3)12-16-33(41)39(29)27(4)11-10-22-48-37(43)9-2)17-15-31-36(25-49-40(31)45)50-38(44)19-14-28-13-18-34(46-6)35(23-28)47-7/h11,13-15,18-19,22-23,27,29,32-33,36,39H,3,8-9,12,16-17,20-21,24-25H2,1-2,4-7H3/b19-14+,31-15+/t10?,27-,29-,32-,33?,36+,39?,41?/m0/s1. The highest BCUT2D eigenvalue weighted by Gasteiger charge is 2.53. The Kier molecular flexibility index (Phi) is 13.5. The van der Waals surface area contributed by atoms with Gasteiger partial charge in [-0.15, -0.1) is 0 Å². The van der Waals surface area contributed by atoms with E-state index in [1.54, 1.807) is 45.4 Å². The second-order valence-electron chi connectivity index (χ2n) is 13.9. The number of fused-ring (bicyclic) bond motifs is 1. The lowest BCUT2D eigenvalue weighted by Gasteiger charge is -2.58. The highest BCUT2D eigenvalue weighted by molar-refractivity contribution is 5.93. The van der Waals surface area contributed by atoms with E-state index in [9.17, 15) is 19.2 Å². The minimum absolute atomic E-state index is 0.0355. The molecule has 9 nitrogen and oxygen atoms in total. The molecule has 3 fully saturated rings. The van der Waals surface area contributed by atoms with Gasteiger partial charge in [-0.3, -0.25) is 9.59 Å². The molecule has 0 aromatic heterocycles. The first-order valence-electron chi connectivity index (χ1n) is 17.7. The molecule has 0 amide bonds. The minimum Gasteiger partial charge on any atom is -0.493 e. The van der Waals surface area contributed by atoms with Crippen molar-refractivity contribution in [1.82, 2.24) is 0 Å². The summed E-state index contributed by atoms with van der Waals surface area (Å²) in [6.45, 7) is 12.6. The van der Waals surface area contributed by atoms with E-state index in [0.29, 0.717) is 42.3 Å². The molecule has 9 heteroatoms. The Morgan fingerprint density at radius 2 is 1.88 bits per heavy atom. The summed E-state index contributed by atoms with van der Waals surface area (Å²) in [5, 5.41) is 0. The Hall–Kier alpha value is -4.36. The molecule has 270 valence electrons. The van der Waals surface area contributed by atoms with Gasteiger partial charge in [-0.2, -0.15) is 0 Å². The first-order chi connectivity index (χ1) is 23.9. The number of cyclic esters (lactones) is 1. The van der Waals surface area contributed by atoms with E-state index in [1.165, 1.54) is 12.3 Å². The van der Waals surface area contributed by atoms with Crippen LogP contribution < -0.4 is 9.47 Å². The Morgan fingerprint density at radius 3 is 2.58 bits per heavy atom. The van der Waals surface area contributed by atoms with E-state index in [0.717, 1.165) is 36.8 Å². The van der Waals surface area contributed by atoms with Crippen LogP contribution in [-0.2, 0) is 33.4 Å². The number of methoxy groups -OCH3 is 2. The van der Waals surface area contributed by atoms with Crippen LogP contribution in [0.3, 0.4) is 0 Å². The highest BCUT2D eigenvalue weighted by atomic mass is 16.6. The number of benzene rings is 1. The first-order valence-corrected chi connectivity index (χ1v) is 17.7. The third kappa shape index (κ3) is 9.05. The van der Waals surface area contributed by atoms with Crippen molar-refractivity contribution in [2.24, 2.45) is 35.0 Å². The van der Waals surface area contributed by atoms with E-state index in [1.807, 2.05) is 19.1 Å². The molecule has 0 radical (unpaired) electrons. The number of carbonyl (C=O) groups excluding carboxylic acids is 4. The number of rotatable bonds is 14. The van der Waals surface area contributed by atoms with Gasteiger partial charge in [0.05, 0.1) is 19.8 Å². The van der Waals surface area contributed by atoms with Gasteiger partial charge >= 0.3 is 17.9 Å². The fourth-order valence-corrected chi connectivity index (χ4v) is 8.28. The zero-order valence-electron chi connectivity index (χ0n) is 30.3. The Morgan fingerprint density at radius 1 is 1.12 bits per heavy atom. The van der Waals surface area contributed by atoms with Crippen molar-refractivity contribution in [2.75, 3.05) is 20.8 Å². The predicted molar refractivity (Wildman–Crippen MR) is 190 cm³/mol. The van der Waals surface area contributed by atoms with Crippen LogP contribution in [0.15, 0.2) is 66.1 Å². The molecular formula is C41H52O9. The van der Waals surface area contributed by atoms with Crippen LogP contribution in [0.5, 0.6) is 11.5 Å². The largest absolute Gasteiger partial charge is 0.493 e. The topological polar surface area (TPSA) is 114 Å². The Balaban J connectivity index is 1.52. The van der Waals surface area contributed by atoms with Crippen molar-refractivity contribution in [3.8, 4) is 11.5 Å². The van der Waals surface area contributed by atoms with Crippen molar-refractivity contribution in [3.05, 3.63) is 71.7 Å². The lowest BCUT2D eigenvalue weighted by molar-refractivity contribution is -0.142. The number of ketones is 1. The number of carbonyl (C=O) groups is 4. The summed E-state index contributed by atoms with van der Waals surface area (Å²) in [4.78, 5) is 50.0. The number of allylic oxidation sites excluding steroid dienone is 3. The summed E-state index contributed by atoms with van der Waals surface area (Å²) in [5.41, 5.74) is 5.16. The van der Waals surface area contributed by atoms with Crippen molar-refractivity contribution in [2.45, 2.75) is 85.2 Å². The van der Waals surface area contributed by atoms with E-state index in [4.69, 9.17) is 23.7 Å². The van der Waals surface area contributed by atoms with Crippen LogP contribution in [0.25, 0.3) is 6.08 Å². The zero-order valence-corrected chi connectivity index (χ0v) is 30.3. The minimum atomic E-state index is -0.812. The summed E-state index contributed by atoms with van der Waals surface area (Å²) in [6, 6.07) is 5.29. The summed E-state index contributed by atoms with van der Waals surface area (Å²) in [5.74, 6) is 0.940. The maximum atomic E-state index is 12.9. The number of hydrogen-bond donors (Lipinski definition) is 0. The van der Waals surface area contributed by atoms with Crippen molar-refractivity contribution < 1.29 is 42.9 Å². The van der Waals surface area contributed by atoms with Gasteiger partial charge in [0.25, 0.3) is 0 Å². The van der Waals surface area contributed by atoms with Crippen LogP contribution in [0, 0.1) is 35.0 Å². The first kappa shape index (κ1) is 38.4. The third-order valence-corrected chi connectivity index (χ3v) is 11.0. The normalized spacial score (nSPS) is 27.5. The van der Waals surface area contributed by atoms with Crippen LogP contribution in [0.2, 0.25) is 0 Å². The number of ether oxygens (including phenoxy) is 5. The molecule has 4 rings (SSSR count). The van der Waals surface area contributed by atoms with Gasteiger partial charge < -0.3 is 23.7 Å². The molecule has 1 saturated heterocycles. The zero-order chi connectivity index (χ0) is 36.4. The predicted octanol–water partition coefficient (Wildman–Crippen LogP) is 7.74. The molecule has 1 aliphatic heterocycles. The van der Waals surface area contributed by atoms with Crippen LogP contribution in [-0.4, -0.2) is 50.6 Å². The molecule has 3 aliphatic rings. The molecule has 0 bridgehead atoms. The monoisotopic (exact) mass is 688 g/mol. The number of Topliss-reactive ketones (excluding diaryl/α,β-unsaturated/α-hetero) is 1. The molecule has 0 spiro atoms. The van der Waals surface area contributed by atoms with Gasteiger partial charge in [-0.05, 0) is 97.0 Å².